The van der Waals surface area contributed by atoms with Crippen molar-refractivity contribution < 1.29 is 45.9 Å². The number of carbonyl (C=O) groups is 4. The number of ether oxygens (including phenoxy) is 3. The van der Waals surface area contributed by atoms with Gasteiger partial charge >= 0.3 is 5.97 Å². The first-order valence-corrected chi connectivity index (χ1v) is 20.5. The van der Waals surface area contributed by atoms with Gasteiger partial charge in [0.25, 0.3) is 0 Å². The zero-order valence-corrected chi connectivity index (χ0v) is 32.9. The van der Waals surface area contributed by atoms with Crippen LogP contribution in [0.3, 0.4) is 0 Å². The minimum Gasteiger partial charge on any atom is -0.494 e. The van der Waals surface area contributed by atoms with Crippen LogP contribution in [0.1, 0.15) is 103 Å². The number of nitrogens with one attached hydrogen (secondary N) is 1. The summed E-state index contributed by atoms with van der Waals surface area (Å²) in [4.78, 5) is 62.7. The van der Waals surface area contributed by atoms with Crippen LogP contribution >= 0.6 is 0 Å². The molecule has 0 unspecified atom stereocenters. The van der Waals surface area contributed by atoms with Crippen molar-refractivity contribution >= 4 is 44.4 Å². The number of carbonyl (C=O) groups excluding carboxylic acids is 4. The zero-order chi connectivity index (χ0) is 41.7. The molecule has 13 heteroatoms. The van der Waals surface area contributed by atoms with Crippen LogP contribution in [0.25, 0.3) is 10.8 Å². The number of aromatic nitrogens is 1. The topological polar surface area (TPSA) is 158 Å². The third-order valence-corrected chi connectivity index (χ3v) is 13.9. The molecule has 1 saturated heterocycles. The van der Waals surface area contributed by atoms with Gasteiger partial charge in [0.05, 0.1) is 52.4 Å². The molecule has 1 aromatic carbocycles. The van der Waals surface area contributed by atoms with Crippen molar-refractivity contribution in [2.75, 3.05) is 13.6 Å². The molecule has 1 N–H and O–H groups in total. The quantitative estimate of drug-likeness (QED) is 0.253. The van der Waals surface area contributed by atoms with E-state index in [1.165, 1.54) is 11.1 Å². The maximum absolute atomic E-state index is 14.9. The standard InChI is InChI=1S/C41H55N3O9S/c1-25-12-8-9-13-27-21-41(27,38(48)43-54(49,50)40(6)16-17-40)22-33(45)32-19-28(52-36-30-15-11-10-14-29(30)34(51-7)23-42-36)24-44(32)37(47)31(26(2)18-25)20-35(46)53-39(3,4)5/h9-11,13-15,23,25-28,31-32H,8,12,16-22,24H2,1-7H3,(H,43,48)/b13-9-/t25-,26-,27-,28-,31+,32+,41-/m1/s1/i7D3. The van der Waals surface area contributed by atoms with E-state index >= 15 is 0 Å². The van der Waals surface area contributed by atoms with Crippen LogP contribution in [0, 0.1) is 29.1 Å². The number of sulfonamides is 1. The molecule has 4 aliphatic rings. The highest BCUT2D eigenvalue weighted by Gasteiger charge is 2.62. The smallest absolute Gasteiger partial charge is 0.307 e. The predicted molar refractivity (Wildman–Crippen MR) is 203 cm³/mol. The number of hydrogen-bond acceptors (Lipinski definition) is 10. The molecule has 3 fully saturated rings. The Kier molecular flexibility index (Phi) is 9.86. The Hall–Kier alpha value is -4.00. The summed E-state index contributed by atoms with van der Waals surface area (Å²) < 4.78 is 67.8. The van der Waals surface area contributed by atoms with E-state index in [4.69, 9.17) is 18.3 Å². The maximum Gasteiger partial charge on any atom is 0.307 e. The summed E-state index contributed by atoms with van der Waals surface area (Å²) in [5.41, 5.74) is -2.10. The van der Waals surface area contributed by atoms with Gasteiger partial charge in [-0.05, 0) is 90.0 Å². The Balaban J connectivity index is 1.35. The second kappa shape index (κ2) is 14.9. The molecule has 0 bridgehead atoms. The van der Waals surface area contributed by atoms with E-state index in [9.17, 15) is 27.6 Å². The molecule has 6 rings (SSSR count). The van der Waals surface area contributed by atoms with Crippen LogP contribution in [0.4, 0.5) is 0 Å². The number of Topliss-reactive ketones (excluding diaryl/α,β-unsaturated/α-hetero) is 1. The van der Waals surface area contributed by atoms with E-state index in [1.807, 2.05) is 19.1 Å². The maximum atomic E-state index is 14.9. The van der Waals surface area contributed by atoms with E-state index in [2.05, 4.69) is 16.6 Å². The summed E-state index contributed by atoms with van der Waals surface area (Å²) in [5, 5.41) is 0.898. The Morgan fingerprint density at radius 1 is 1.11 bits per heavy atom. The van der Waals surface area contributed by atoms with Crippen LogP contribution < -0.4 is 14.2 Å². The molecule has 2 saturated carbocycles. The molecule has 54 heavy (non-hydrogen) atoms. The molecule has 3 heterocycles. The van der Waals surface area contributed by atoms with Crippen molar-refractivity contribution in [3.05, 3.63) is 42.6 Å². The van der Waals surface area contributed by atoms with Gasteiger partial charge in [-0.15, -0.1) is 0 Å². The van der Waals surface area contributed by atoms with Crippen LogP contribution in [0.5, 0.6) is 11.6 Å². The van der Waals surface area contributed by atoms with Gasteiger partial charge in [0.2, 0.25) is 27.7 Å². The third-order valence-electron chi connectivity index (χ3n) is 11.7. The average Bonchev–Trinajstić information content (AvgIpc) is 3.98. The fourth-order valence-electron chi connectivity index (χ4n) is 8.12. The van der Waals surface area contributed by atoms with Crippen molar-refractivity contribution in [2.45, 2.75) is 122 Å². The number of nitrogens with zero attached hydrogens (tertiary/aromatic N) is 2. The van der Waals surface area contributed by atoms with Gasteiger partial charge in [-0.25, -0.2) is 13.4 Å². The molecule has 1 aromatic heterocycles. The SMILES string of the molecule is [2H]C([2H])([2H])Oc1cnc(O[C@@H]2C[C@H]3C(=O)C[C@]4(C(=O)NS(=O)(=O)C5(C)CC5)C[C@H]4/C=C\CC[C@@H](C)C[C@@H](C)[C@H](CC(=O)OC(C)(C)C)C(=O)N3C2)c2ccccc12. The summed E-state index contributed by atoms with van der Waals surface area (Å²) in [7, 11) is -6.71. The molecular formula is C41H55N3O9S. The van der Waals surface area contributed by atoms with E-state index in [1.54, 1.807) is 52.0 Å². The highest BCUT2D eigenvalue weighted by atomic mass is 32.2. The van der Waals surface area contributed by atoms with Crippen molar-refractivity contribution in [2.24, 2.45) is 29.1 Å². The van der Waals surface area contributed by atoms with E-state index in [0.29, 0.717) is 36.5 Å². The molecule has 2 aliphatic heterocycles. The lowest BCUT2D eigenvalue weighted by atomic mass is 9.82. The van der Waals surface area contributed by atoms with Crippen molar-refractivity contribution in [3.8, 4) is 11.6 Å². The lowest BCUT2D eigenvalue weighted by molar-refractivity contribution is -0.160. The fourth-order valence-corrected chi connectivity index (χ4v) is 9.46. The molecule has 7 atom stereocenters. The number of benzene rings is 1. The Bertz CT molecular complexity index is 2040. The van der Waals surface area contributed by atoms with Crippen LogP contribution in [0.15, 0.2) is 42.6 Å². The second-order valence-corrected chi connectivity index (χ2v) is 19.5. The number of hydrogen-bond donors (Lipinski definition) is 1. The number of methoxy groups -OCH3 is 1. The molecular weight excluding hydrogens is 711 g/mol. The summed E-state index contributed by atoms with van der Waals surface area (Å²) in [6.07, 6.45) is 7.19. The fraction of sp³-hybridized carbons (Fsp3) is 0.634. The van der Waals surface area contributed by atoms with Crippen molar-refractivity contribution in [1.82, 2.24) is 14.6 Å². The van der Waals surface area contributed by atoms with Gasteiger partial charge in [-0.2, -0.15) is 0 Å². The molecule has 2 aliphatic carbocycles. The Morgan fingerprint density at radius 2 is 1.83 bits per heavy atom. The van der Waals surface area contributed by atoms with Crippen LogP contribution in [-0.4, -0.2) is 77.9 Å². The number of fused-ring (bicyclic) bond motifs is 3. The lowest BCUT2D eigenvalue weighted by Crippen LogP contribution is -2.48. The molecule has 2 aromatic rings. The van der Waals surface area contributed by atoms with Crippen molar-refractivity contribution in [3.63, 3.8) is 0 Å². The number of pyridine rings is 1. The summed E-state index contributed by atoms with van der Waals surface area (Å²) >= 11 is 0. The van der Waals surface area contributed by atoms with Crippen LogP contribution in [0.2, 0.25) is 0 Å². The van der Waals surface area contributed by atoms with E-state index in [-0.39, 0.29) is 61.6 Å². The van der Waals surface area contributed by atoms with E-state index in [0.717, 1.165) is 6.42 Å². The number of allylic oxidation sites excluding steroid dienone is 2. The van der Waals surface area contributed by atoms with Crippen molar-refractivity contribution in [1.29, 1.82) is 0 Å². The highest BCUT2D eigenvalue weighted by molar-refractivity contribution is 7.91. The molecule has 0 radical (unpaired) electrons. The van der Waals surface area contributed by atoms with E-state index < -0.39 is 74.5 Å². The first-order valence-electron chi connectivity index (χ1n) is 20.5. The largest absolute Gasteiger partial charge is 0.494 e. The van der Waals surface area contributed by atoms with Gasteiger partial charge < -0.3 is 19.1 Å². The van der Waals surface area contributed by atoms with Gasteiger partial charge in [0.15, 0.2) is 5.78 Å². The third kappa shape index (κ3) is 8.30. The molecule has 2 amide bonds. The minimum atomic E-state index is -3.99. The minimum absolute atomic E-state index is 0.0323. The lowest BCUT2D eigenvalue weighted by Gasteiger charge is -2.32. The van der Waals surface area contributed by atoms with Gasteiger partial charge in [0.1, 0.15) is 17.5 Å². The molecule has 12 nitrogen and oxygen atoms in total. The van der Waals surface area contributed by atoms with Crippen LogP contribution in [-0.2, 0) is 33.9 Å². The first-order chi connectivity index (χ1) is 26.5. The summed E-state index contributed by atoms with van der Waals surface area (Å²) in [5.74, 6) is -3.19. The van der Waals surface area contributed by atoms with Gasteiger partial charge in [-0.1, -0.05) is 44.2 Å². The summed E-state index contributed by atoms with van der Waals surface area (Å²) in [6.45, 7) is 10.8. The first kappa shape index (κ1) is 35.7. The second-order valence-electron chi connectivity index (χ2n) is 17.3. The normalized spacial score (nSPS) is 31.7. The molecule has 294 valence electrons. The molecule has 0 spiro atoms. The number of ketones is 1. The highest BCUT2D eigenvalue weighted by Crippen LogP contribution is 2.57. The number of rotatable bonds is 8. The Morgan fingerprint density at radius 3 is 2.52 bits per heavy atom. The Labute approximate surface area is 323 Å². The van der Waals surface area contributed by atoms with Gasteiger partial charge in [-0.3, -0.25) is 23.9 Å². The zero-order valence-electron chi connectivity index (χ0n) is 35.1. The predicted octanol–water partition coefficient (Wildman–Crippen LogP) is 5.92. The number of esters is 1. The summed E-state index contributed by atoms with van der Waals surface area (Å²) in [6, 6.07) is 5.77. The van der Waals surface area contributed by atoms with Gasteiger partial charge in [0, 0.05) is 23.6 Å². The number of amides is 2. The monoisotopic (exact) mass is 768 g/mol. The average molecular weight is 769 g/mol.